The van der Waals surface area contributed by atoms with E-state index in [1.54, 1.807) is 0 Å². The van der Waals surface area contributed by atoms with Gasteiger partial charge in [0, 0.05) is 0 Å². The summed E-state index contributed by atoms with van der Waals surface area (Å²) in [6.45, 7) is 1.90. The van der Waals surface area contributed by atoms with Gasteiger partial charge in [-0.25, -0.2) is 0 Å². The monoisotopic (exact) mass is 224 g/mol. The summed E-state index contributed by atoms with van der Waals surface area (Å²) in [5, 5.41) is 16.2. The first kappa shape index (κ1) is 11.7. The molecule has 0 aromatic carbocycles. The zero-order valence-electron chi connectivity index (χ0n) is 3.89. The molecular weight excluding hydrogens is 213 g/mol. The Labute approximate surface area is 103 Å². The maximum absolute atomic E-state index is 8.11. The van der Waals surface area contributed by atoms with Crippen LogP contribution in [0.2, 0.25) is 0 Å². The van der Waals surface area contributed by atoms with Gasteiger partial charge in [0.2, 0.25) is 0 Å². The molecular formula is C4H11CsO2. The van der Waals surface area contributed by atoms with Gasteiger partial charge in [0.15, 0.2) is 6.29 Å². The molecule has 0 spiro atoms. The summed E-state index contributed by atoms with van der Waals surface area (Å²) in [6.07, 6.45) is 0.215. The number of aliphatic hydroxyl groups is 2. The number of hydrogen-bond donors (Lipinski definition) is 2. The molecule has 0 aliphatic rings. The van der Waals surface area contributed by atoms with Crippen molar-refractivity contribution in [2.45, 2.75) is 26.1 Å². The fourth-order valence-electron chi connectivity index (χ4n) is 0.258. The van der Waals surface area contributed by atoms with Crippen molar-refractivity contribution in [3.63, 3.8) is 0 Å². The van der Waals surface area contributed by atoms with Crippen molar-refractivity contribution < 1.29 is 10.2 Å². The average molecular weight is 224 g/mol. The third kappa shape index (κ3) is 11.5. The van der Waals surface area contributed by atoms with E-state index in [0.29, 0.717) is 6.42 Å². The zero-order chi connectivity index (χ0) is 4.99. The number of hydrogen-bond acceptors (Lipinski definition) is 2. The molecule has 0 aromatic rings. The summed E-state index contributed by atoms with van der Waals surface area (Å²) < 4.78 is 0. The molecule has 0 saturated heterocycles. The molecule has 2 N–H and O–H groups in total. The average Bonchev–Trinajstić information content (AvgIpc) is 1.35. The van der Waals surface area contributed by atoms with Crippen molar-refractivity contribution in [3.05, 3.63) is 0 Å². The molecule has 0 unspecified atom stereocenters. The molecule has 0 saturated carbocycles. The van der Waals surface area contributed by atoms with E-state index in [2.05, 4.69) is 0 Å². The Balaban J connectivity index is 0. The van der Waals surface area contributed by atoms with Gasteiger partial charge < -0.3 is 10.2 Å². The van der Waals surface area contributed by atoms with Crippen LogP contribution in [0.25, 0.3) is 0 Å². The Morgan fingerprint density at radius 1 is 1.43 bits per heavy atom. The molecule has 7 heavy (non-hydrogen) atoms. The van der Waals surface area contributed by atoms with Gasteiger partial charge >= 0.3 is 68.9 Å². The SMILES string of the molecule is CCCC(O)O.[CsH]. The van der Waals surface area contributed by atoms with Gasteiger partial charge in [-0.1, -0.05) is 13.3 Å². The van der Waals surface area contributed by atoms with E-state index in [4.69, 9.17) is 10.2 Å². The van der Waals surface area contributed by atoms with Crippen molar-refractivity contribution in [1.29, 1.82) is 0 Å². The van der Waals surface area contributed by atoms with Crippen LogP contribution in [-0.2, 0) is 0 Å². The minimum atomic E-state index is -1.10. The van der Waals surface area contributed by atoms with E-state index in [0.717, 1.165) is 6.42 Å². The van der Waals surface area contributed by atoms with E-state index >= 15 is 0 Å². The van der Waals surface area contributed by atoms with E-state index < -0.39 is 6.29 Å². The van der Waals surface area contributed by atoms with E-state index in [-0.39, 0.29) is 68.9 Å². The first-order valence-corrected chi connectivity index (χ1v) is 2.13. The second kappa shape index (κ2) is 7.97. The fraction of sp³-hybridized carbons (Fsp3) is 1.00. The quantitative estimate of drug-likeness (QED) is 0.618. The summed E-state index contributed by atoms with van der Waals surface area (Å²) in [4.78, 5) is 0. The topological polar surface area (TPSA) is 40.5 Å². The second-order valence-electron chi connectivity index (χ2n) is 1.27. The van der Waals surface area contributed by atoms with Crippen LogP contribution in [0.1, 0.15) is 19.8 Å². The number of rotatable bonds is 2. The summed E-state index contributed by atoms with van der Waals surface area (Å²) in [5.74, 6) is 0. The third-order valence-corrected chi connectivity index (χ3v) is 0.547. The molecule has 0 rings (SSSR count). The van der Waals surface area contributed by atoms with Crippen LogP contribution in [-0.4, -0.2) is 85.4 Å². The zero-order valence-corrected chi connectivity index (χ0v) is 3.89. The molecule has 0 aromatic heterocycles. The van der Waals surface area contributed by atoms with Crippen LogP contribution in [0.5, 0.6) is 0 Å². The van der Waals surface area contributed by atoms with Gasteiger partial charge in [0.1, 0.15) is 0 Å². The maximum atomic E-state index is 8.11. The Morgan fingerprint density at radius 3 is 1.86 bits per heavy atom. The molecule has 0 heterocycles. The van der Waals surface area contributed by atoms with Crippen LogP contribution < -0.4 is 0 Å². The predicted molar refractivity (Wildman–Crippen MR) is 30.3 cm³/mol. The molecule has 3 heteroatoms. The third-order valence-electron chi connectivity index (χ3n) is 0.547. The first-order chi connectivity index (χ1) is 2.77. The normalized spacial score (nSPS) is 8.57. The van der Waals surface area contributed by atoms with E-state index in [9.17, 15) is 0 Å². The van der Waals surface area contributed by atoms with Gasteiger partial charge in [0.25, 0.3) is 0 Å². The van der Waals surface area contributed by atoms with Gasteiger partial charge in [0.05, 0.1) is 0 Å². The summed E-state index contributed by atoms with van der Waals surface area (Å²) in [6, 6.07) is 0. The molecule has 40 valence electrons. The molecule has 0 atom stereocenters. The van der Waals surface area contributed by atoms with Gasteiger partial charge in [-0.2, -0.15) is 0 Å². The second-order valence-corrected chi connectivity index (χ2v) is 1.27. The van der Waals surface area contributed by atoms with Crippen LogP contribution in [0.15, 0.2) is 0 Å². The Bertz CT molecular complexity index is 30.9. The molecule has 2 nitrogen and oxygen atoms in total. The molecule has 0 bridgehead atoms. The van der Waals surface area contributed by atoms with Gasteiger partial charge in [-0.15, -0.1) is 0 Å². The molecule has 0 aliphatic carbocycles. The minimum absolute atomic E-state index is 0. The Hall–Kier alpha value is 1.97. The van der Waals surface area contributed by atoms with Crippen molar-refractivity contribution >= 4 is 68.9 Å². The predicted octanol–water partition coefficient (Wildman–Crippen LogP) is -0.551. The van der Waals surface area contributed by atoms with Crippen LogP contribution in [0, 0.1) is 0 Å². The number of aliphatic hydroxyl groups excluding tert-OH is 1. The van der Waals surface area contributed by atoms with Crippen molar-refractivity contribution in [3.8, 4) is 0 Å². The van der Waals surface area contributed by atoms with Gasteiger partial charge in [-0.05, 0) is 6.42 Å². The summed E-state index contributed by atoms with van der Waals surface area (Å²) in [7, 11) is 0. The molecule has 0 radical (unpaired) electrons. The Kier molecular flexibility index (Phi) is 13.4. The van der Waals surface area contributed by atoms with Crippen LogP contribution >= 0.6 is 0 Å². The summed E-state index contributed by atoms with van der Waals surface area (Å²) in [5.41, 5.74) is 0. The van der Waals surface area contributed by atoms with E-state index in [1.807, 2.05) is 6.92 Å². The van der Waals surface area contributed by atoms with Gasteiger partial charge in [-0.3, -0.25) is 0 Å². The standard InChI is InChI=1S/C4H10O2.Cs.H/c1-2-3-4(5)6;;/h4-6H,2-3H2,1H3;;. The van der Waals surface area contributed by atoms with Crippen LogP contribution in [0.3, 0.4) is 0 Å². The van der Waals surface area contributed by atoms with Crippen molar-refractivity contribution in [2.24, 2.45) is 0 Å². The van der Waals surface area contributed by atoms with Crippen molar-refractivity contribution in [2.75, 3.05) is 0 Å². The molecule has 0 aliphatic heterocycles. The molecule has 0 amide bonds. The summed E-state index contributed by atoms with van der Waals surface area (Å²) >= 11 is 0. The fourth-order valence-corrected chi connectivity index (χ4v) is 0.258. The molecule has 0 fully saturated rings. The van der Waals surface area contributed by atoms with Crippen molar-refractivity contribution in [1.82, 2.24) is 0 Å². The van der Waals surface area contributed by atoms with E-state index in [1.165, 1.54) is 0 Å². The van der Waals surface area contributed by atoms with Crippen LogP contribution in [0.4, 0.5) is 0 Å². The Morgan fingerprint density at radius 2 is 1.86 bits per heavy atom. The first-order valence-electron chi connectivity index (χ1n) is 2.13.